The molecule has 0 saturated carbocycles. The SMILES string of the molecule is CC(C)S(=O)(=O)NCCCc1cc(C#N)ccc1-c1ccc(-n2ccnc2)cc1. The highest BCUT2D eigenvalue weighted by Gasteiger charge is 2.14. The third kappa shape index (κ3) is 5.11. The van der Waals surface area contributed by atoms with Crippen molar-refractivity contribution < 1.29 is 8.42 Å². The topological polar surface area (TPSA) is 87.8 Å². The number of aryl methyl sites for hydroxylation is 1. The monoisotopic (exact) mass is 408 g/mol. The lowest BCUT2D eigenvalue weighted by molar-refractivity contribution is 0.570. The summed E-state index contributed by atoms with van der Waals surface area (Å²) in [6.07, 6.45) is 6.70. The van der Waals surface area contributed by atoms with Crippen LogP contribution in [0.5, 0.6) is 0 Å². The minimum absolute atomic E-state index is 0.371. The van der Waals surface area contributed by atoms with Crippen LogP contribution in [-0.2, 0) is 16.4 Å². The van der Waals surface area contributed by atoms with Crippen LogP contribution in [0, 0.1) is 11.3 Å². The van der Waals surface area contributed by atoms with Crippen molar-refractivity contribution in [3.05, 3.63) is 72.3 Å². The van der Waals surface area contributed by atoms with E-state index in [0.717, 1.165) is 22.4 Å². The van der Waals surface area contributed by atoms with Gasteiger partial charge in [-0.15, -0.1) is 0 Å². The molecule has 0 atom stereocenters. The van der Waals surface area contributed by atoms with E-state index in [0.29, 0.717) is 24.9 Å². The zero-order chi connectivity index (χ0) is 20.9. The predicted molar refractivity (Wildman–Crippen MR) is 114 cm³/mol. The fraction of sp³-hybridized carbons (Fsp3) is 0.273. The molecule has 150 valence electrons. The Kier molecular flexibility index (Phi) is 6.47. The average molecular weight is 409 g/mol. The van der Waals surface area contributed by atoms with E-state index in [1.54, 1.807) is 26.4 Å². The van der Waals surface area contributed by atoms with Crippen molar-refractivity contribution in [1.29, 1.82) is 5.26 Å². The molecule has 29 heavy (non-hydrogen) atoms. The number of sulfonamides is 1. The zero-order valence-corrected chi connectivity index (χ0v) is 17.4. The molecule has 2 aromatic carbocycles. The molecule has 0 bridgehead atoms. The van der Waals surface area contributed by atoms with E-state index in [-0.39, 0.29) is 0 Å². The maximum absolute atomic E-state index is 11.9. The molecule has 1 heterocycles. The highest BCUT2D eigenvalue weighted by molar-refractivity contribution is 7.90. The molecule has 1 N–H and O–H groups in total. The molecule has 0 aliphatic carbocycles. The molecular formula is C22H24N4O2S. The molecular weight excluding hydrogens is 384 g/mol. The lowest BCUT2D eigenvalue weighted by Crippen LogP contribution is -2.31. The molecule has 3 rings (SSSR count). The van der Waals surface area contributed by atoms with Gasteiger partial charge >= 0.3 is 0 Å². The Balaban J connectivity index is 1.78. The van der Waals surface area contributed by atoms with E-state index in [2.05, 4.69) is 15.8 Å². The van der Waals surface area contributed by atoms with Crippen LogP contribution in [0.2, 0.25) is 0 Å². The molecule has 0 saturated heterocycles. The Morgan fingerprint density at radius 2 is 1.93 bits per heavy atom. The van der Waals surface area contributed by atoms with E-state index >= 15 is 0 Å². The summed E-state index contributed by atoms with van der Waals surface area (Å²) < 4.78 is 28.4. The number of nitrogens with one attached hydrogen (secondary N) is 1. The summed E-state index contributed by atoms with van der Waals surface area (Å²) in [6.45, 7) is 3.69. The lowest BCUT2D eigenvalue weighted by atomic mass is 9.94. The molecule has 3 aromatic rings. The molecule has 7 heteroatoms. The van der Waals surface area contributed by atoms with Gasteiger partial charge in [0, 0.05) is 24.6 Å². The van der Waals surface area contributed by atoms with Gasteiger partial charge in [-0.3, -0.25) is 0 Å². The molecule has 0 amide bonds. The fourth-order valence-electron chi connectivity index (χ4n) is 3.04. The minimum atomic E-state index is -3.26. The number of imidazole rings is 1. The maximum Gasteiger partial charge on any atom is 0.213 e. The van der Waals surface area contributed by atoms with Gasteiger partial charge in [-0.05, 0) is 67.6 Å². The van der Waals surface area contributed by atoms with E-state index in [1.807, 2.05) is 53.2 Å². The number of benzene rings is 2. The summed E-state index contributed by atoms with van der Waals surface area (Å²) in [6, 6.07) is 16.0. The van der Waals surface area contributed by atoms with Crippen LogP contribution in [0.15, 0.2) is 61.2 Å². The smallest absolute Gasteiger partial charge is 0.213 e. The second-order valence-electron chi connectivity index (χ2n) is 7.09. The lowest BCUT2D eigenvalue weighted by Gasteiger charge is -2.13. The van der Waals surface area contributed by atoms with Crippen molar-refractivity contribution in [2.24, 2.45) is 0 Å². The summed E-state index contributed by atoms with van der Waals surface area (Å²) >= 11 is 0. The summed E-state index contributed by atoms with van der Waals surface area (Å²) in [5, 5.41) is 8.80. The zero-order valence-electron chi connectivity index (χ0n) is 16.5. The molecule has 6 nitrogen and oxygen atoms in total. The first-order valence-electron chi connectivity index (χ1n) is 9.51. The molecule has 0 fully saturated rings. The first-order valence-corrected chi connectivity index (χ1v) is 11.1. The number of rotatable bonds is 8. The first kappa shape index (κ1) is 20.8. The Morgan fingerprint density at radius 3 is 2.55 bits per heavy atom. The number of nitrogens with zero attached hydrogens (tertiary/aromatic N) is 3. The Bertz CT molecular complexity index is 1100. The van der Waals surface area contributed by atoms with Crippen LogP contribution >= 0.6 is 0 Å². The molecule has 0 aliphatic rings. The van der Waals surface area contributed by atoms with Gasteiger partial charge in [-0.1, -0.05) is 18.2 Å². The van der Waals surface area contributed by atoms with Gasteiger partial charge in [0.05, 0.1) is 23.2 Å². The van der Waals surface area contributed by atoms with Crippen LogP contribution in [0.25, 0.3) is 16.8 Å². The summed E-state index contributed by atoms with van der Waals surface area (Å²) in [5.41, 5.74) is 4.75. The van der Waals surface area contributed by atoms with Crippen LogP contribution in [-0.4, -0.2) is 29.8 Å². The number of hydrogen-bond acceptors (Lipinski definition) is 4. The third-order valence-electron chi connectivity index (χ3n) is 4.76. The van der Waals surface area contributed by atoms with Crippen molar-refractivity contribution in [3.63, 3.8) is 0 Å². The van der Waals surface area contributed by atoms with Gasteiger partial charge in [-0.25, -0.2) is 18.1 Å². The summed E-state index contributed by atoms with van der Waals surface area (Å²) in [7, 11) is -3.26. The summed E-state index contributed by atoms with van der Waals surface area (Å²) in [5.74, 6) is 0. The Morgan fingerprint density at radius 1 is 1.17 bits per heavy atom. The molecule has 1 aromatic heterocycles. The van der Waals surface area contributed by atoms with Gasteiger partial charge < -0.3 is 4.57 Å². The van der Waals surface area contributed by atoms with Crippen LogP contribution in [0.3, 0.4) is 0 Å². The van der Waals surface area contributed by atoms with Crippen molar-refractivity contribution >= 4 is 10.0 Å². The van der Waals surface area contributed by atoms with Crippen molar-refractivity contribution in [2.45, 2.75) is 31.9 Å². The molecule has 0 radical (unpaired) electrons. The third-order valence-corrected chi connectivity index (χ3v) is 6.61. The number of nitriles is 1. The first-order chi connectivity index (χ1) is 13.9. The Labute approximate surface area is 171 Å². The van der Waals surface area contributed by atoms with Gasteiger partial charge in [0.2, 0.25) is 10.0 Å². The molecule has 0 unspecified atom stereocenters. The van der Waals surface area contributed by atoms with E-state index in [9.17, 15) is 13.7 Å². The van der Waals surface area contributed by atoms with Gasteiger partial charge in [0.1, 0.15) is 0 Å². The van der Waals surface area contributed by atoms with Crippen molar-refractivity contribution in [3.8, 4) is 22.9 Å². The number of hydrogen-bond donors (Lipinski definition) is 1. The predicted octanol–water partition coefficient (Wildman–Crippen LogP) is 3.67. The second-order valence-corrected chi connectivity index (χ2v) is 9.41. The standard InChI is InChI=1S/C22H24N4O2S/c1-17(2)29(27,28)25-11-3-4-20-14-18(15-23)5-10-22(20)19-6-8-21(9-7-19)26-13-12-24-16-26/h5-10,12-14,16-17,25H,3-4,11H2,1-2H3. The molecule has 0 spiro atoms. The van der Waals surface area contributed by atoms with Gasteiger partial charge in [0.15, 0.2) is 0 Å². The summed E-state index contributed by atoms with van der Waals surface area (Å²) in [4.78, 5) is 4.07. The Hall–Kier alpha value is -2.95. The van der Waals surface area contributed by atoms with Crippen LogP contribution in [0.4, 0.5) is 0 Å². The molecule has 0 aliphatic heterocycles. The highest BCUT2D eigenvalue weighted by atomic mass is 32.2. The van der Waals surface area contributed by atoms with E-state index in [4.69, 9.17) is 0 Å². The highest BCUT2D eigenvalue weighted by Crippen LogP contribution is 2.27. The second kappa shape index (κ2) is 9.03. The van der Waals surface area contributed by atoms with Gasteiger partial charge in [0.25, 0.3) is 0 Å². The largest absolute Gasteiger partial charge is 0.306 e. The van der Waals surface area contributed by atoms with Crippen LogP contribution < -0.4 is 4.72 Å². The van der Waals surface area contributed by atoms with E-state index < -0.39 is 15.3 Å². The van der Waals surface area contributed by atoms with Crippen molar-refractivity contribution in [2.75, 3.05) is 6.54 Å². The average Bonchev–Trinajstić information content (AvgIpc) is 3.26. The van der Waals surface area contributed by atoms with Gasteiger partial charge in [-0.2, -0.15) is 5.26 Å². The van der Waals surface area contributed by atoms with E-state index in [1.165, 1.54) is 0 Å². The maximum atomic E-state index is 11.9. The normalized spacial score (nSPS) is 11.5. The fourth-order valence-corrected chi connectivity index (χ4v) is 3.80. The number of aromatic nitrogens is 2. The minimum Gasteiger partial charge on any atom is -0.306 e. The van der Waals surface area contributed by atoms with Crippen molar-refractivity contribution in [1.82, 2.24) is 14.3 Å². The quantitative estimate of drug-likeness (QED) is 0.576. The van der Waals surface area contributed by atoms with Crippen LogP contribution in [0.1, 0.15) is 31.4 Å².